The van der Waals surface area contributed by atoms with E-state index < -0.39 is 5.54 Å². The highest BCUT2D eigenvalue weighted by Gasteiger charge is 2.28. The fraction of sp³-hybridized carbons (Fsp3) is 0.500. The molecule has 2 aromatic heterocycles. The van der Waals surface area contributed by atoms with Crippen LogP contribution >= 0.6 is 22.9 Å². The SMILES string of the molecule is CC(CN1CCCCC1)NC(=O)c1nn(C(C)(C)C)c2nc(NC(=O)c3cccc(Cl)c3)sc12. The Morgan fingerprint density at radius 2 is 1.91 bits per heavy atom. The molecular weight excluding hydrogens is 472 g/mol. The van der Waals surface area contributed by atoms with E-state index in [1.54, 1.807) is 28.9 Å². The molecule has 8 nitrogen and oxygen atoms in total. The third-order valence-corrected chi connectivity index (χ3v) is 6.94. The Kier molecular flexibility index (Phi) is 7.25. The Morgan fingerprint density at radius 1 is 1.18 bits per heavy atom. The number of fused-ring (bicyclic) bond motifs is 1. The molecule has 0 spiro atoms. The van der Waals surface area contributed by atoms with Crippen LogP contribution in [0.2, 0.25) is 5.02 Å². The first-order chi connectivity index (χ1) is 16.1. The van der Waals surface area contributed by atoms with Crippen LogP contribution in [0.4, 0.5) is 5.13 Å². The van der Waals surface area contributed by atoms with Gasteiger partial charge in [0.15, 0.2) is 16.5 Å². The fourth-order valence-corrected chi connectivity index (χ4v) is 5.25. The molecule has 1 aliphatic heterocycles. The molecule has 1 saturated heterocycles. The number of thiazole rings is 1. The third kappa shape index (κ3) is 5.59. The molecule has 3 aromatic rings. The number of anilines is 1. The van der Waals surface area contributed by atoms with Crippen molar-refractivity contribution in [1.29, 1.82) is 0 Å². The van der Waals surface area contributed by atoms with Gasteiger partial charge in [-0.2, -0.15) is 10.1 Å². The number of piperidine rings is 1. The van der Waals surface area contributed by atoms with Crippen molar-refractivity contribution in [2.75, 3.05) is 25.0 Å². The molecule has 182 valence electrons. The van der Waals surface area contributed by atoms with Crippen LogP contribution in [0.1, 0.15) is 67.8 Å². The summed E-state index contributed by atoms with van der Waals surface area (Å²) < 4.78 is 2.40. The number of hydrogen-bond donors (Lipinski definition) is 2. The minimum Gasteiger partial charge on any atom is -0.347 e. The summed E-state index contributed by atoms with van der Waals surface area (Å²) in [6, 6.07) is 6.72. The first-order valence-corrected chi connectivity index (χ1v) is 12.8. The van der Waals surface area contributed by atoms with Crippen LogP contribution in [0.3, 0.4) is 0 Å². The second-order valence-electron chi connectivity index (χ2n) is 9.80. The Morgan fingerprint density at radius 3 is 2.59 bits per heavy atom. The number of aromatic nitrogens is 3. The molecule has 1 atom stereocenters. The summed E-state index contributed by atoms with van der Waals surface area (Å²) in [6.45, 7) is 11.0. The number of nitrogens with zero attached hydrogens (tertiary/aromatic N) is 4. The fourth-order valence-electron chi connectivity index (χ4n) is 4.14. The van der Waals surface area contributed by atoms with Crippen molar-refractivity contribution in [3.05, 3.63) is 40.5 Å². The number of amides is 2. The van der Waals surface area contributed by atoms with E-state index in [9.17, 15) is 9.59 Å². The first-order valence-electron chi connectivity index (χ1n) is 11.6. The summed E-state index contributed by atoms with van der Waals surface area (Å²) >= 11 is 7.26. The third-order valence-electron chi connectivity index (χ3n) is 5.74. The van der Waals surface area contributed by atoms with Gasteiger partial charge < -0.3 is 10.2 Å². The number of benzene rings is 1. The van der Waals surface area contributed by atoms with Gasteiger partial charge in [0.25, 0.3) is 11.8 Å². The Balaban J connectivity index is 1.57. The maximum Gasteiger partial charge on any atom is 0.273 e. The molecule has 1 aliphatic rings. The first kappa shape index (κ1) is 24.6. The second kappa shape index (κ2) is 10.0. The standard InChI is InChI=1S/C24H31ClN6O2S/c1-15(14-30-11-6-5-7-12-30)26-22(33)18-19-20(31(29-18)24(2,3)4)27-23(34-19)28-21(32)16-9-8-10-17(25)13-16/h8-10,13,15H,5-7,11-12,14H2,1-4H3,(H,26,33)(H,27,28,32). The minimum atomic E-state index is -0.390. The summed E-state index contributed by atoms with van der Waals surface area (Å²) in [7, 11) is 0. The minimum absolute atomic E-state index is 0.00430. The highest BCUT2D eigenvalue weighted by Crippen LogP contribution is 2.32. The van der Waals surface area contributed by atoms with E-state index in [2.05, 4.69) is 25.6 Å². The predicted octanol–water partition coefficient (Wildman–Crippen LogP) is 4.76. The van der Waals surface area contributed by atoms with Gasteiger partial charge in [0.05, 0.1) is 5.54 Å². The molecule has 1 unspecified atom stereocenters. The molecule has 0 radical (unpaired) electrons. The lowest BCUT2D eigenvalue weighted by molar-refractivity contribution is 0.0920. The number of carbonyl (C=O) groups excluding carboxylic acids is 2. The highest BCUT2D eigenvalue weighted by atomic mass is 35.5. The van der Waals surface area contributed by atoms with E-state index in [0.29, 0.717) is 31.8 Å². The lowest BCUT2D eigenvalue weighted by Gasteiger charge is -2.29. The van der Waals surface area contributed by atoms with Crippen molar-refractivity contribution < 1.29 is 9.59 Å². The largest absolute Gasteiger partial charge is 0.347 e. The Labute approximate surface area is 208 Å². The summed E-state index contributed by atoms with van der Waals surface area (Å²) in [4.78, 5) is 32.9. The normalized spacial score (nSPS) is 15.9. The van der Waals surface area contributed by atoms with Crippen molar-refractivity contribution in [2.45, 2.75) is 58.5 Å². The van der Waals surface area contributed by atoms with E-state index in [1.165, 1.54) is 30.6 Å². The van der Waals surface area contributed by atoms with Crippen LogP contribution in [-0.2, 0) is 5.54 Å². The van der Waals surface area contributed by atoms with Gasteiger partial charge in [0.2, 0.25) is 0 Å². The zero-order valence-corrected chi connectivity index (χ0v) is 21.6. The van der Waals surface area contributed by atoms with Gasteiger partial charge in [0, 0.05) is 23.2 Å². The monoisotopic (exact) mass is 502 g/mol. The smallest absolute Gasteiger partial charge is 0.273 e. The van der Waals surface area contributed by atoms with Gasteiger partial charge in [-0.1, -0.05) is 35.4 Å². The number of halogens is 1. The van der Waals surface area contributed by atoms with Gasteiger partial charge >= 0.3 is 0 Å². The van der Waals surface area contributed by atoms with E-state index in [4.69, 9.17) is 11.6 Å². The summed E-state index contributed by atoms with van der Waals surface area (Å²) in [5.41, 5.74) is 0.955. The van der Waals surface area contributed by atoms with E-state index in [1.807, 2.05) is 27.7 Å². The van der Waals surface area contributed by atoms with Crippen molar-refractivity contribution in [3.63, 3.8) is 0 Å². The Bertz CT molecular complexity index is 1190. The van der Waals surface area contributed by atoms with Crippen LogP contribution in [0, 0.1) is 0 Å². The van der Waals surface area contributed by atoms with Gasteiger partial charge in [-0.3, -0.25) is 14.9 Å². The van der Waals surface area contributed by atoms with Crippen molar-refractivity contribution >= 4 is 50.2 Å². The van der Waals surface area contributed by atoms with Crippen LogP contribution in [0.15, 0.2) is 24.3 Å². The molecule has 0 saturated carbocycles. The topological polar surface area (TPSA) is 92.2 Å². The molecule has 0 bridgehead atoms. The number of likely N-dealkylation sites (tertiary alicyclic amines) is 1. The summed E-state index contributed by atoms with van der Waals surface area (Å²) in [6.07, 6.45) is 3.70. The average Bonchev–Trinajstić information content (AvgIpc) is 3.32. The molecule has 2 N–H and O–H groups in total. The molecule has 1 fully saturated rings. The predicted molar refractivity (Wildman–Crippen MR) is 137 cm³/mol. The van der Waals surface area contributed by atoms with Gasteiger partial charge in [-0.25, -0.2) is 4.68 Å². The van der Waals surface area contributed by atoms with E-state index >= 15 is 0 Å². The molecule has 2 amide bonds. The van der Waals surface area contributed by atoms with Crippen molar-refractivity contribution in [1.82, 2.24) is 25.0 Å². The lowest BCUT2D eigenvalue weighted by Crippen LogP contribution is -2.43. The maximum absolute atomic E-state index is 13.2. The zero-order valence-electron chi connectivity index (χ0n) is 20.0. The van der Waals surface area contributed by atoms with Crippen LogP contribution < -0.4 is 10.6 Å². The quantitative estimate of drug-likeness (QED) is 0.507. The van der Waals surface area contributed by atoms with Gasteiger partial charge in [-0.15, -0.1) is 0 Å². The number of hydrogen-bond acceptors (Lipinski definition) is 6. The number of carbonyl (C=O) groups is 2. The van der Waals surface area contributed by atoms with Crippen molar-refractivity contribution in [2.24, 2.45) is 0 Å². The molecule has 3 heterocycles. The zero-order chi connectivity index (χ0) is 24.5. The second-order valence-corrected chi connectivity index (χ2v) is 11.2. The van der Waals surface area contributed by atoms with Gasteiger partial charge in [0.1, 0.15) is 4.70 Å². The lowest BCUT2D eigenvalue weighted by atomic mass is 10.1. The number of rotatable bonds is 6. The summed E-state index contributed by atoms with van der Waals surface area (Å²) in [5, 5.41) is 11.4. The molecule has 34 heavy (non-hydrogen) atoms. The molecule has 0 aliphatic carbocycles. The average molecular weight is 503 g/mol. The maximum atomic E-state index is 13.2. The van der Waals surface area contributed by atoms with Crippen LogP contribution in [-0.4, -0.2) is 57.2 Å². The van der Waals surface area contributed by atoms with Crippen molar-refractivity contribution in [3.8, 4) is 0 Å². The van der Waals surface area contributed by atoms with E-state index in [-0.39, 0.29) is 17.9 Å². The van der Waals surface area contributed by atoms with Crippen LogP contribution in [0.5, 0.6) is 0 Å². The highest BCUT2D eigenvalue weighted by molar-refractivity contribution is 7.22. The number of nitrogens with one attached hydrogen (secondary N) is 2. The Hall–Kier alpha value is -2.49. The molecular formula is C24H31ClN6O2S. The van der Waals surface area contributed by atoms with Crippen LogP contribution in [0.25, 0.3) is 10.3 Å². The van der Waals surface area contributed by atoms with E-state index in [0.717, 1.165) is 19.6 Å². The molecule has 4 rings (SSSR count). The van der Waals surface area contributed by atoms with Gasteiger partial charge in [-0.05, 0) is 71.8 Å². The molecule has 1 aromatic carbocycles. The molecule has 10 heteroatoms. The summed E-state index contributed by atoms with van der Waals surface area (Å²) in [5.74, 6) is -0.538.